The predicted octanol–water partition coefficient (Wildman–Crippen LogP) is 3.51. The number of carboxylic acids is 1. The molecule has 2 aliphatic rings. The third-order valence-corrected chi connectivity index (χ3v) is 12.5. The predicted molar refractivity (Wildman–Crippen MR) is 254 cm³/mol. The fourth-order valence-corrected chi connectivity index (χ4v) is 8.29. The second kappa shape index (κ2) is 22.4. The van der Waals surface area contributed by atoms with Crippen LogP contribution in [0.5, 0.6) is 5.75 Å². The van der Waals surface area contributed by atoms with Gasteiger partial charge in [-0.3, -0.25) is 24.0 Å². The van der Waals surface area contributed by atoms with E-state index in [-0.39, 0.29) is 93.4 Å². The van der Waals surface area contributed by atoms with Gasteiger partial charge in [0.2, 0.25) is 17.7 Å². The topological polar surface area (TPSA) is 291 Å². The molecule has 0 unspecified atom stereocenters. The third-order valence-electron chi connectivity index (χ3n) is 12.5. The number of aromatic nitrogens is 2. The van der Waals surface area contributed by atoms with Crippen molar-refractivity contribution in [3.8, 4) is 17.1 Å². The van der Waals surface area contributed by atoms with Gasteiger partial charge in [0.15, 0.2) is 5.60 Å². The Bertz CT molecular complexity index is 2740. The lowest BCUT2D eigenvalue weighted by Crippen LogP contribution is -2.54. The van der Waals surface area contributed by atoms with Crippen LogP contribution in [0.1, 0.15) is 87.6 Å². The van der Waals surface area contributed by atoms with Crippen LogP contribution in [0.15, 0.2) is 53.3 Å². The fraction of sp³-hybridized carbons (Fsp3) is 0.449. The molecule has 21 nitrogen and oxygen atoms in total. The molecular formula is C49H60N8O13. The van der Waals surface area contributed by atoms with Gasteiger partial charge in [-0.2, -0.15) is 0 Å². The van der Waals surface area contributed by atoms with Gasteiger partial charge in [0, 0.05) is 55.8 Å². The number of aryl methyl sites for hydroxylation is 1. The van der Waals surface area contributed by atoms with E-state index in [0.29, 0.717) is 41.0 Å². The molecule has 70 heavy (non-hydrogen) atoms. The van der Waals surface area contributed by atoms with Gasteiger partial charge in [-0.25, -0.2) is 19.4 Å². The number of carboxylic acid groups (broad SMARTS) is 1. The molecule has 6 rings (SSSR count). The number of aliphatic hydroxyl groups is 1. The second-order valence-electron chi connectivity index (χ2n) is 17.7. The number of nitrogens with one attached hydrogen (secondary N) is 3. The molecule has 0 bridgehead atoms. The zero-order valence-electron chi connectivity index (χ0n) is 40.1. The van der Waals surface area contributed by atoms with Gasteiger partial charge < -0.3 is 60.5 Å². The molecule has 21 heteroatoms. The summed E-state index contributed by atoms with van der Waals surface area (Å²) in [6, 6.07) is 11.2. The monoisotopic (exact) mass is 968 g/mol. The molecule has 2 aromatic heterocycles. The minimum absolute atomic E-state index is 0.0306. The summed E-state index contributed by atoms with van der Waals surface area (Å²) in [5.41, 5.74) is 8.24. The number of esters is 1. The van der Waals surface area contributed by atoms with E-state index in [2.05, 4.69) is 16.0 Å². The van der Waals surface area contributed by atoms with Gasteiger partial charge in [0.25, 0.3) is 5.56 Å². The second-order valence-corrected chi connectivity index (χ2v) is 17.7. The number of hydrogen-bond acceptors (Lipinski definition) is 14. The Morgan fingerprint density at radius 1 is 0.929 bits per heavy atom. The van der Waals surface area contributed by atoms with Gasteiger partial charge in [-0.1, -0.05) is 39.8 Å². The number of rotatable bonds is 20. The summed E-state index contributed by atoms with van der Waals surface area (Å²) in [6.45, 7) is 7.42. The molecule has 2 aliphatic heterocycles. The van der Waals surface area contributed by atoms with Crippen LogP contribution in [-0.2, 0) is 65.2 Å². The van der Waals surface area contributed by atoms with Crippen LogP contribution in [0.4, 0.5) is 15.3 Å². The SMILES string of the molecule is CCc1c2c(nc3ccc(OC(=O)N(C)CCN(C)C(=O)OCc4ccc(NC(=O)[C@H](CCCN)NC(=O)[C@@H](NC(=O)CCC(=O)O)C(C)C)cc4)cc13)-c1cc3c(c(=O)n1C2)COC(=O)[C@]3(O)CC. The van der Waals surface area contributed by atoms with Crippen molar-refractivity contribution in [2.45, 2.75) is 104 Å². The Morgan fingerprint density at radius 2 is 1.63 bits per heavy atom. The highest BCUT2D eigenvalue weighted by atomic mass is 16.6. The quantitative estimate of drug-likeness (QED) is 0.0609. The van der Waals surface area contributed by atoms with Gasteiger partial charge >= 0.3 is 24.1 Å². The molecule has 374 valence electrons. The molecule has 0 saturated heterocycles. The van der Waals surface area contributed by atoms with Crippen molar-refractivity contribution in [1.82, 2.24) is 30.0 Å². The Labute approximate surface area is 403 Å². The minimum atomic E-state index is -1.94. The number of anilines is 1. The molecule has 7 N–H and O–H groups in total. The van der Waals surface area contributed by atoms with E-state index in [0.717, 1.165) is 16.5 Å². The van der Waals surface area contributed by atoms with Crippen molar-refractivity contribution in [2.24, 2.45) is 11.7 Å². The number of fused-ring (bicyclic) bond motifs is 5. The molecule has 3 atom stereocenters. The molecule has 5 amide bonds. The number of benzene rings is 2. The third kappa shape index (κ3) is 11.5. The van der Waals surface area contributed by atoms with Crippen LogP contribution >= 0.6 is 0 Å². The fourth-order valence-electron chi connectivity index (χ4n) is 8.29. The van der Waals surface area contributed by atoms with Crippen LogP contribution in [0, 0.1) is 5.92 Å². The van der Waals surface area contributed by atoms with Crippen molar-refractivity contribution in [3.05, 3.63) is 86.7 Å². The zero-order chi connectivity index (χ0) is 51.0. The smallest absolute Gasteiger partial charge is 0.415 e. The number of hydrogen-bond donors (Lipinski definition) is 6. The average molecular weight is 969 g/mol. The van der Waals surface area contributed by atoms with E-state index in [4.69, 9.17) is 30.0 Å². The van der Waals surface area contributed by atoms with E-state index >= 15 is 0 Å². The number of likely N-dealkylation sites (N-methyl/N-ethyl adjacent to an activating group) is 2. The normalized spacial score (nSPS) is 15.4. The lowest BCUT2D eigenvalue weighted by atomic mass is 9.86. The number of aliphatic carboxylic acids is 1. The highest BCUT2D eigenvalue weighted by Crippen LogP contribution is 2.41. The van der Waals surface area contributed by atoms with Gasteiger partial charge in [0.05, 0.1) is 35.4 Å². The number of nitrogens with zero attached hydrogens (tertiary/aromatic N) is 4. The van der Waals surface area contributed by atoms with E-state index in [1.54, 1.807) is 73.9 Å². The van der Waals surface area contributed by atoms with Gasteiger partial charge in [-0.05, 0) is 85.7 Å². The van der Waals surface area contributed by atoms with Crippen molar-refractivity contribution >= 4 is 58.4 Å². The minimum Gasteiger partial charge on any atom is -0.481 e. The largest absolute Gasteiger partial charge is 0.481 e. The number of amides is 5. The lowest BCUT2D eigenvalue weighted by Gasteiger charge is -2.31. The summed E-state index contributed by atoms with van der Waals surface area (Å²) in [4.78, 5) is 110. The van der Waals surface area contributed by atoms with E-state index in [9.17, 15) is 43.5 Å². The lowest BCUT2D eigenvalue weighted by molar-refractivity contribution is -0.172. The summed E-state index contributed by atoms with van der Waals surface area (Å²) in [6.07, 6.45) is -0.772. The number of cyclic esters (lactones) is 1. The molecule has 4 aromatic rings. The highest BCUT2D eigenvalue weighted by Gasteiger charge is 2.45. The molecule has 4 heterocycles. The molecule has 0 spiro atoms. The standard InChI is InChI=1S/C49H60N8O13/c1-7-31-32-22-30(15-16-36(32)52-42-33(31)24-57-38(42)23-35-34(45(57)63)26-68-46(64)49(35,67)8-2)70-48(66)56(6)21-20-55(5)47(65)69-25-28-11-13-29(14-12-28)51-43(61)37(10-9-19-50)53-44(62)41(27(3)4)54-39(58)17-18-40(59)60/h11-16,22-23,27,37,41,67H,7-10,17-21,24-26,50H2,1-6H3,(H,51,61)(H,53,62)(H,54,58)(H,59,60)/t37-,41-,49-/m0/s1. The number of ether oxygens (including phenoxy) is 3. The number of carbonyl (C=O) groups excluding carboxylic acids is 6. The molecular weight excluding hydrogens is 909 g/mol. The highest BCUT2D eigenvalue weighted by molar-refractivity contribution is 5.98. The number of nitrogens with two attached hydrogens (primary N) is 1. The van der Waals surface area contributed by atoms with Crippen molar-refractivity contribution < 1.29 is 58.0 Å². The summed E-state index contributed by atoms with van der Waals surface area (Å²) in [5.74, 6) is -3.75. The Hall–Kier alpha value is -7.39. The van der Waals surface area contributed by atoms with Gasteiger partial charge in [-0.15, -0.1) is 0 Å². The summed E-state index contributed by atoms with van der Waals surface area (Å²) < 4.78 is 18.0. The molecule has 2 aromatic carbocycles. The Balaban J connectivity index is 0.999. The first-order chi connectivity index (χ1) is 33.3. The summed E-state index contributed by atoms with van der Waals surface area (Å²) >= 11 is 0. The van der Waals surface area contributed by atoms with E-state index < -0.39 is 59.5 Å². The number of carbonyl (C=O) groups is 7. The van der Waals surface area contributed by atoms with Crippen LogP contribution in [-0.4, -0.2) is 117 Å². The Kier molecular flexibility index (Phi) is 16.6. The summed E-state index contributed by atoms with van der Waals surface area (Å²) in [5, 5.41) is 28.9. The maximum absolute atomic E-state index is 13.7. The maximum Gasteiger partial charge on any atom is 0.415 e. The van der Waals surface area contributed by atoms with Crippen molar-refractivity contribution in [1.29, 1.82) is 0 Å². The average Bonchev–Trinajstić information content (AvgIpc) is 3.71. The first kappa shape index (κ1) is 52.0. The first-order valence-electron chi connectivity index (χ1n) is 23.1. The van der Waals surface area contributed by atoms with E-state index in [1.165, 1.54) is 23.9 Å². The van der Waals surface area contributed by atoms with Crippen LogP contribution in [0.25, 0.3) is 22.3 Å². The molecule has 0 saturated carbocycles. The Morgan fingerprint density at radius 3 is 2.27 bits per heavy atom. The zero-order valence-corrected chi connectivity index (χ0v) is 40.1. The molecule has 0 radical (unpaired) electrons. The van der Waals surface area contributed by atoms with Crippen LogP contribution in [0.2, 0.25) is 0 Å². The molecule has 0 aliphatic carbocycles. The number of pyridine rings is 2. The van der Waals surface area contributed by atoms with Crippen molar-refractivity contribution in [3.63, 3.8) is 0 Å². The van der Waals surface area contributed by atoms with Gasteiger partial charge in [0.1, 0.15) is 31.0 Å². The van der Waals surface area contributed by atoms with Crippen molar-refractivity contribution in [2.75, 3.05) is 39.0 Å². The van der Waals surface area contributed by atoms with Crippen LogP contribution in [0.3, 0.4) is 0 Å². The maximum atomic E-state index is 13.7. The van der Waals surface area contributed by atoms with Crippen LogP contribution < -0.4 is 32.0 Å². The molecule has 0 fully saturated rings. The summed E-state index contributed by atoms with van der Waals surface area (Å²) in [7, 11) is 3.06. The first-order valence-corrected chi connectivity index (χ1v) is 23.1. The van der Waals surface area contributed by atoms with E-state index in [1.807, 2.05) is 6.92 Å².